The van der Waals surface area contributed by atoms with Crippen LogP contribution in [0.25, 0.3) is 0 Å². The molecule has 1 fully saturated rings. The second-order valence-corrected chi connectivity index (χ2v) is 5.29. The van der Waals surface area contributed by atoms with Crippen LogP contribution < -0.4 is 10.2 Å². The van der Waals surface area contributed by atoms with Crippen LogP contribution in [0.1, 0.15) is 32.3 Å². The van der Waals surface area contributed by atoms with E-state index in [9.17, 15) is 9.59 Å². The maximum absolute atomic E-state index is 12.9. The summed E-state index contributed by atoms with van der Waals surface area (Å²) in [4.78, 5) is 26.5. The van der Waals surface area contributed by atoms with Crippen LogP contribution in [-0.4, -0.2) is 31.0 Å². The average Bonchev–Trinajstić information content (AvgIpc) is 2.50. The Labute approximate surface area is 125 Å². The zero-order valence-corrected chi connectivity index (χ0v) is 12.8. The molecule has 114 valence electrons. The van der Waals surface area contributed by atoms with Gasteiger partial charge in [0.15, 0.2) is 0 Å². The van der Waals surface area contributed by atoms with Gasteiger partial charge in [0, 0.05) is 18.4 Å². The van der Waals surface area contributed by atoms with Gasteiger partial charge in [-0.05, 0) is 18.9 Å². The quantitative estimate of drug-likeness (QED) is 0.900. The van der Waals surface area contributed by atoms with Crippen LogP contribution in [0, 0.1) is 0 Å². The number of benzene rings is 1. The molecule has 5 heteroatoms. The molecular formula is C16H22N2O3. The third-order valence-electron chi connectivity index (χ3n) is 4.12. The van der Waals surface area contributed by atoms with Crippen molar-refractivity contribution >= 4 is 17.5 Å². The summed E-state index contributed by atoms with van der Waals surface area (Å²) in [5, 5.41) is 2.87. The molecule has 1 N–H and O–H groups in total. The summed E-state index contributed by atoms with van der Waals surface area (Å²) in [5.41, 5.74) is 0.866. The maximum atomic E-state index is 12.9. The summed E-state index contributed by atoms with van der Waals surface area (Å²) >= 11 is 0. The molecule has 1 heterocycles. The SMILES string of the molecule is CCC1(CC)NC(=O)CN(c2ccccc2COC)C1=O. The number of piperazine rings is 1. The summed E-state index contributed by atoms with van der Waals surface area (Å²) < 4.78 is 5.19. The minimum absolute atomic E-state index is 0.0457. The second kappa shape index (κ2) is 6.26. The lowest BCUT2D eigenvalue weighted by Crippen LogP contribution is -2.66. The summed E-state index contributed by atoms with van der Waals surface area (Å²) in [7, 11) is 1.61. The number of nitrogens with zero attached hydrogens (tertiary/aromatic N) is 1. The van der Waals surface area contributed by atoms with Crippen LogP contribution >= 0.6 is 0 Å². The van der Waals surface area contributed by atoms with E-state index in [2.05, 4.69) is 5.32 Å². The summed E-state index contributed by atoms with van der Waals surface area (Å²) in [6.07, 6.45) is 1.16. The standard InChI is InChI=1S/C16H22N2O3/c1-4-16(5-2)15(20)18(10-14(19)17-16)13-9-7-6-8-12(13)11-21-3/h6-9H,4-5,10-11H2,1-3H3,(H,17,19). The molecule has 0 spiro atoms. The minimum Gasteiger partial charge on any atom is -0.380 e. The average molecular weight is 290 g/mol. The number of rotatable bonds is 5. The number of carbonyl (C=O) groups excluding carboxylic acids is 2. The fraction of sp³-hybridized carbons (Fsp3) is 0.500. The lowest BCUT2D eigenvalue weighted by Gasteiger charge is -2.41. The molecule has 1 saturated heterocycles. The van der Waals surface area contributed by atoms with Crippen molar-refractivity contribution in [2.45, 2.75) is 38.8 Å². The molecule has 0 aromatic heterocycles. The van der Waals surface area contributed by atoms with E-state index in [-0.39, 0.29) is 18.4 Å². The van der Waals surface area contributed by atoms with Crippen molar-refractivity contribution in [2.24, 2.45) is 0 Å². The molecule has 0 radical (unpaired) electrons. The van der Waals surface area contributed by atoms with E-state index >= 15 is 0 Å². The van der Waals surface area contributed by atoms with E-state index in [1.807, 2.05) is 38.1 Å². The van der Waals surface area contributed by atoms with Crippen LogP contribution in [0.4, 0.5) is 5.69 Å². The first-order valence-corrected chi connectivity index (χ1v) is 7.27. The molecule has 0 aliphatic carbocycles. The summed E-state index contributed by atoms with van der Waals surface area (Å²) in [5.74, 6) is -0.166. The highest BCUT2D eigenvalue weighted by Crippen LogP contribution is 2.29. The van der Waals surface area contributed by atoms with Gasteiger partial charge < -0.3 is 15.0 Å². The van der Waals surface area contributed by atoms with Gasteiger partial charge in [-0.1, -0.05) is 32.0 Å². The Hall–Kier alpha value is -1.88. The number of carbonyl (C=O) groups is 2. The molecule has 0 saturated carbocycles. The van der Waals surface area contributed by atoms with Crippen molar-refractivity contribution in [2.75, 3.05) is 18.6 Å². The molecule has 2 rings (SSSR count). The van der Waals surface area contributed by atoms with E-state index in [0.29, 0.717) is 19.4 Å². The first kappa shape index (κ1) is 15.5. The first-order chi connectivity index (χ1) is 10.1. The number of amides is 2. The fourth-order valence-corrected chi connectivity index (χ4v) is 2.81. The number of para-hydroxylation sites is 1. The Balaban J connectivity index is 2.43. The lowest BCUT2D eigenvalue weighted by atomic mass is 9.88. The van der Waals surface area contributed by atoms with Gasteiger partial charge >= 0.3 is 0 Å². The number of ether oxygens (including phenoxy) is 1. The van der Waals surface area contributed by atoms with Gasteiger partial charge in [-0.25, -0.2) is 0 Å². The van der Waals surface area contributed by atoms with Gasteiger partial charge in [0.2, 0.25) is 5.91 Å². The van der Waals surface area contributed by atoms with Crippen molar-refractivity contribution in [1.82, 2.24) is 5.32 Å². The van der Waals surface area contributed by atoms with Crippen LogP contribution in [-0.2, 0) is 20.9 Å². The van der Waals surface area contributed by atoms with Gasteiger partial charge in [0.05, 0.1) is 6.61 Å². The number of hydrogen-bond acceptors (Lipinski definition) is 3. The molecule has 21 heavy (non-hydrogen) atoms. The minimum atomic E-state index is -0.796. The maximum Gasteiger partial charge on any atom is 0.253 e. The van der Waals surface area contributed by atoms with Crippen LogP contribution in [0.15, 0.2) is 24.3 Å². The third-order valence-corrected chi connectivity index (χ3v) is 4.12. The van der Waals surface area contributed by atoms with Crippen molar-refractivity contribution in [3.63, 3.8) is 0 Å². The molecule has 2 amide bonds. The van der Waals surface area contributed by atoms with Gasteiger partial charge in [-0.3, -0.25) is 9.59 Å². The molecule has 0 unspecified atom stereocenters. The molecular weight excluding hydrogens is 268 g/mol. The first-order valence-electron chi connectivity index (χ1n) is 7.27. The van der Waals surface area contributed by atoms with E-state index in [1.165, 1.54) is 0 Å². The number of hydrogen-bond donors (Lipinski definition) is 1. The van der Waals surface area contributed by atoms with E-state index in [4.69, 9.17) is 4.74 Å². The highest BCUT2D eigenvalue weighted by Gasteiger charge is 2.44. The molecule has 0 atom stereocenters. The summed E-state index contributed by atoms with van der Waals surface area (Å²) in [6.45, 7) is 4.31. The van der Waals surface area contributed by atoms with Gasteiger partial charge in [-0.2, -0.15) is 0 Å². The second-order valence-electron chi connectivity index (χ2n) is 5.29. The van der Waals surface area contributed by atoms with Crippen LogP contribution in [0.5, 0.6) is 0 Å². The molecule has 0 bridgehead atoms. The van der Waals surface area contributed by atoms with Gasteiger partial charge in [0.1, 0.15) is 12.1 Å². The number of methoxy groups -OCH3 is 1. The zero-order chi connectivity index (χ0) is 15.5. The molecule has 1 aliphatic rings. The largest absolute Gasteiger partial charge is 0.380 e. The molecule has 5 nitrogen and oxygen atoms in total. The van der Waals surface area contributed by atoms with Crippen molar-refractivity contribution < 1.29 is 14.3 Å². The van der Waals surface area contributed by atoms with E-state index in [1.54, 1.807) is 12.0 Å². The Morgan fingerprint density at radius 2 is 1.90 bits per heavy atom. The van der Waals surface area contributed by atoms with Crippen molar-refractivity contribution in [3.8, 4) is 0 Å². The van der Waals surface area contributed by atoms with Crippen molar-refractivity contribution in [3.05, 3.63) is 29.8 Å². The predicted molar refractivity (Wildman–Crippen MR) is 81.0 cm³/mol. The smallest absolute Gasteiger partial charge is 0.253 e. The zero-order valence-electron chi connectivity index (χ0n) is 12.8. The Morgan fingerprint density at radius 1 is 1.24 bits per heavy atom. The van der Waals surface area contributed by atoms with Gasteiger partial charge in [-0.15, -0.1) is 0 Å². The Morgan fingerprint density at radius 3 is 2.52 bits per heavy atom. The van der Waals surface area contributed by atoms with Crippen molar-refractivity contribution in [1.29, 1.82) is 0 Å². The van der Waals surface area contributed by atoms with Gasteiger partial charge in [0.25, 0.3) is 5.91 Å². The predicted octanol–water partition coefficient (Wildman–Crippen LogP) is 1.85. The van der Waals surface area contributed by atoms with Crippen LogP contribution in [0.2, 0.25) is 0 Å². The highest BCUT2D eigenvalue weighted by atomic mass is 16.5. The summed E-state index contributed by atoms with van der Waals surface area (Å²) in [6, 6.07) is 7.55. The molecule has 1 aromatic carbocycles. The molecule has 1 aliphatic heterocycles. The topological polar surface area (TPSA) is 58.6 Å². The monoisotopic (exact) mass is 290 g/mol. The highest BCUT2D eigenvalue weighted by molar-refractivity contribution is 6.09. The fourth-order valence-electron chi connectivity index (χ4n) is 2.81. The third kappa shape index (κ3) is 2.78. The van der Waals surface area contributed by atoms with E-state index in [0.717, 1.165) is 11.3 Å². The van der Waals surface area contributed by atoms with E-state index < -0.39 is 5.54 Å². The normalized spacial score (nSPS) is 17.8. The van der Waals surface area contributed by atoms with Crippen LogP contribution in [0.3, 0.4) is 0 Å². The molecule has 1 aromatic rings. The Kier molecular flexibility index (Phi) is 4.63. The number of nitrogens with one attached hydrogen (secondary N) is 1. The number of anilines is 1. The lowest BCUT2D eigenvalue weighted by molar-refractivity contribution is -0.136. The Bertz CT molecular complexity index is 538.